The number of ether oxygens (including phenoxy) is 1. The van der Waals surface area contributed by atoms with Crippen LogP contribution in [0.5, 0.6) is 0 Å². The highest BCUT2D eigenvalue weighted by molar-refractivity contribution is 5.22. The smallest absolute Gasteiger partial charge is 0.330 e. The summed E-state index contributed by atoms with van der Waals surface area (Å²) in [5.41, 5.74) is 2.84. The van der Waals surface area contributed by atoms with Crippen molar-refractivity contribution in [3.63, 3.8) is 0 Å². The van der Waals surface area contributed by atoms with Crippen LogP contribution in [0, 0.1) is 12.3 Å². The van der Waals surface area contributed by atoms with E-state index in [4.69, 9.17) is 22.0 Å². The lowest BCUT2D eigenvalue weighted by molar-refractivity contribution is -0.0477. The minimum absolute atomic E-state index is 0.504. The van der Waals surface area contributed by atoms with Crippen molar-refractivity contribution in [2.24, 2.45) is 5.73 Å². The van der Waals surface area contributed by atoms with Crippen LogP contribution in [-0.2, 0) is 4.74 Å². The van der Waals surface area contributed by atoms with Crippen molar-refractivity contribution in [3.8, 4) is 12.3 Å². The van der Waals surface area contributed by atoms with Gasteiger partial charge < -0.3 is 20.7 Å². The standard InChI is InChI=1S/C11H13N3O5/c1-2-11(12)8(17)6(5-15)19-9(11)14-4-3-7(16)13-10(14)18/h1,3-4,6,8-9,15,17H,5,12H2,(H,13,16,18)/t6-,8-,9-,11-/m1/s1. The van der Waals surface area contributed by atoms with Crippen LogP contribution in [0.4, 0.5) is 0 Å². The molecule has 1 fully saturated rings. The summed E-state index contributed by atoms with van der Waals surface area (Å²) in [6.45, 7) is -0.504. The molecule has 0 amide bonds. The Labute approximate surface area is 107 Å². The Hall–Kier alpha value is -1.92. The number of H-pyrrole nitrogens is 1. The third-order valence-corrected chi connectivity index (χ3v) is 3.09. The minimum Gasteiger partial charge on any atom is -0.394 e. The lowest BCUT2D eigenvalue weighted by Crippen LogP contribution is -2.55. The monoisotopic (exact) mass is 267 g/mol. The summed E-state index contributed by atoms with van der Waals surface area (Å²) in [6.07, 6.45) is 2.93. The number of hydrogen-bond acceptors (Lipinski definition) is 6. The van der Waals surface area contributed by atoms with Gasteiger partial charge in [0.25, 0.3) is 5.56 Å². The first kappa shape index (κ1) is 13.5. The Morgan fingerprint density at radius 3 is 2.84 bits per heavy atom. The highest BCUT2D eigenvalue weighted by Crippen LogP contribution is 2.35. The Balaban J connectivity index is 2.52. The van der Waals surface area contributed by atoms with E-state index in [9.17, 15) is 14.7 Å². The van der Waals surface area contributed by atoms with Crippen LogP contribution in [0.25, 0.3) is 0 Å². The van der Waals surface area contributed by atoms with Gasteiger partial charge in [-0.15, -0.1) is 6.42 Å². The van der Waals surface area contributed by atoms with Crippen molar-refractivity contribution in [2.75, 3.05) is 6.61 Å². The predicted molar refractivity (Wildman–Crippen MR) is 64.1 cm³/mol. The molecule has 0 aliphatic carbocycles. The fraction of sp³-hybridized carbons (Fsp3) is 0.455. The van der Waals surface area contributed by atoms with Gasteiger partial charge >= 0.3 is 5.69 Å². The summed E-state index contributed by atoms with van der Waals surface area (Å²) in [6, 6.07) is 1.10. The maximum absolute atomic E-state index is 11.7. The molecule has 2 rings (SSSR count). The average Bonchev–Trinajstić information content (AvgIpc) is 2.63. The van der Waals surface area contributed by atoms with Crippen molar-refractivity contribution >= 4 is 0 Å². The van der Waals surface area contributed by atoms with Gasteiger partial charge in [-0.1, -0.05) is 5.92 Å². The first-order chi connectivity index (χ1) is 8.93. The van der Waals surface area contributed by atoms with E-state index in [1.54, 1.807) is 0 Å². The summed E-state index contributed by atoms with van der Waals surface area (Å²) in [7, 11) is 0. The van der Waals surface area contributed by atoms with E-state index in [1.807, 2.05) is 4.98 Å². The Morgan fingerprint density at radius 1 is 1.63 bits per heavy atom. The highest BCUT2D eigenvalue weighted by atomic mass is 16.5. The molecular formula is C11H13N3O5. The normalized spacial score (nSPS) is 34.1. The molecule has 102 valence electrons. The third kappa shape index (κ3) is 1.98. The fourth-order valence-electron chi connectivity index (χ4n) is 2.01. The highest BCUT2D eigenvalue weighted by Gasteiger charge is 2.54. The van der Waals surface area contributed by atoms with Crippen molar-refractivity contribution < 1.29 is 14.9 Å². The number of hydrogen-bond donors (Lipinski definition) is 4. The number of rotatable bonds is 2. The first-order valence-corrected chi connectivity index (χ1v) is 5.46. The van der Waals surface area contributed by atoms with Gasteiger partial charge in [-0.2, -0.15) is 0 Å². The third-order valence-electron chi connectivity index (χ3n) is 3.09. The lowest BCUT2D eigenvalue weighted by atomic mass is 9.92. The SMILES string of the molecule is C#C[C@@]1(N)[C@H](O)[C@@H](CO)O[C@H]1n1ccc(=O)[nH]c1=O. The van der Waals surface area contributed by atoms with Crippen LogP contribution in [0.1, 0.15) is 6.23 Å². The van der Waals surface area contributed by atoms with Gasteiger partial charge in [0.05, 0.1) is 6.61 Å². The number of aliphatic hydroxyl groups excluding tert-OH is 2. The van der Waals surface area contributed by atoms with Crippen LogP contribution in [0.2, 0.25) is 0 Å². The maximum atomic E-state index is 11.7. The molecular weight excluding hydrogens is 254 g/mol. The van der Waals surface area contributed by atoms with Crippen LogP contribution >= 0.6 is 0 Å². The molecule has 0 unspecified atom stereocenters. The van der Waals surface area contributed by atoms with Crippen LogP contribution < -0.4 is 17.0 Å². The summed E-state index contributed by atoms with van der Waals surface area (Å²) < 4.78 is 6.28. The number of aromatic amines is 1. The molecule has 0 spiro atoms. The molecule has 0 radical (unpaired) electrons. The zero-order chi connectivity index (χ0) is 14.2. The molecule has 2 heterocycles. The van der Waals surface area contributed by atoms with E-state index in [0.717, 1.165) is 16.8 Å². The van der Waals surface area contributed by atoms with Crippen LogP contribution in [-0.4, -0.2) is 44.1 Å². The molecule has 1 aliphatic heterocycles. The number of terminal acetylenes is 1. The van der Waals surface area contributed by atoms with Gasteiger partial charge in [0.2, 0.25) is 0 Å². The Kier molecular flexibility index (Phi) is 3.30. The number of aromatic nitrogens is 2. The zero-order valence-electron chi connectivity index (χ0n) is 9.81. The van der Waals surface area contributed by atoms with Crippen molar-refractivity contribution in [2.45, 2.75) is 24.0 Å². The molecule has 1 aliphatic rings. The second-order valence-electron chi connectivity index (χ2n) is 4.25. The van der Waals surface area contributed by atoms with Gasteiger partial charge in [0.1, 0.15) is 12.2 Å². The van der Waals surface area contributed by atoms with Gasteiger partial charge in [-0.3, -0.25) is 14.3 Å². The topological polar surface area (TPSA) is 131 Å². The Morgan fingerprint density at radius 2 is 2.32 bits per heavy atom. The van der Waals surface area contributed by atoms with Crippen molar-refractivity contribution in [3.05, 3.63) is 33.1 Å². The minimum atomic E-state index is -1.69. The largest absolute Gasteiger partial charge is 0.394 e. The molecule has 4 atom stereocenters. The number of aliphatic hydroxyl groups is 2. The fourth-order valence-corrected chi connectivity index (χ4v) is 2.01. The zero-order valence-corrected chi connectivity index (χ0v) is 9.81. The van der Waals surface area contributed by atoms with Gasteiger partial charge in [0, 0.05) is 12.3 Å². The van der Waals surface area contributed by atoms with Crippen LogP contribution in [0.15, 0.2) is 21.9 Å². The second-order valence-corrected chi connectivity index (χ2v) is 4.25. The van der Waals surface area contributed by atoms with E-state index in [-0.39, 0.29) is 0 Å². The van der Waals surface area contributed by atoms with E-state index < -0.39 is 41.8 Å². The number of nitrogens with zero attached hydrogens (tertiary/aromatic N) is 1. The molecule has 1 saturated heterocycles. The number of nitrogens with two attached hydrogens (primary N) is 1. The summed E-state index contributed by atoms with van der Waals surface area (Å²) in [4.78, 5) is 24.7. The molecule has 8 heteroatoms. The van der Waals surface area contributed by atoms with Crippen molar-refractivity contribution in [1.82, 2.24) is 9.55 Å². The molecule has 0 bridgehead atoms. The molecule has 5 N–H and O–H groups in total. The van der Waals surface area contributed by atoms with E-state index >= 15 is 0 Å². The molecule has 0 saturated carbocycles. The first-order valence-electron chi connectivity index (χ1n) is 5.46. The van der Waals surface area contributed by atoms with Crippen molar-refractivity contribution in [1.29, 1.82) is 0 Å². The lowest BCUT2D eigenvalue weighted by Gasteiger charge is -2.27. The molecule has 19 heavy (non-hydrogen) atoms. The maximum Gasteiger partial charge on any atom is 0.330 e. The predicted octanol–water partition coefficient (Wildman–Crippen LogP) is -2.88. The van der Waals surface area contributed by atoms with E-state index in [1.165, 1.54) is 0 Å². The Bertz CT molecular complexity index is 630. The number of nitrogens with one attached hydrogen (secondary N) is 1. The summed E-state index contributed by atoms with van der Waals surface area (Å²) >= 11 is 0. The van der Waals surface area contributed by atoms with Gasteiger partial charge in [-0.25, -0.2) is 4.79 Å². The van der Waals surface area contributed by atoms with Gasteiger partial charge in [-0.05, 0) is 0 Å². The molecule has 1 aromatic heterocycles. The molecule has 0 aromatic carbocycles. The molecule has 1 aromatic rings. The van der Waals surface area contributed by atoms with Crippen LogP contribution in [0.3, 0.4) is 0 Å². The summed E-state index contributed by atoms with van der Waals surface area (Å²) in [5.74, 6) is 2.18. The second kappa shape index (κ2) is 4.64. The van der Waals surface area contributed by atoms with Gasteiger partial charge in [0.15, 0.2) is 11.8 Å². The molecule has 8 nitrogen and oxygen atoms in total. The van der Waals surface area contributed by atoms with E-state index in [0.29, 0.717) is 0 Å². The summed E-state index contributed by atoms with van der Waals surface area (Å²) in [5, 5.41) is 19.0. The van der Waals surface area contributed by atoms with E-state index in [2.05, 4.69) is 5.92 Å². The average molecular weight is 267 g/mol. The quantitative estimate of drug-likeness (QED) is 0.426.